The Morgan fingerprint density at radius 3 is 1.56 bits per heavy atom. The first-order valence-corrected chi connectivity index (χ1v) is 10.7. The molecule has 2 atom stereocenters. The van der Waals surface area contributed by atoms with Crippen molar-refractivity contribution in [3.05, 3.63) is 69.6 Å². The van der Waals surface area contributed by atoms with Crippen LogP contribution in [0.4, 0.5) is 0 Å². The first-order chi connectivity index (χ1) is 11.6. The second kappa shape index (κ2) is 7.93. The van der Waals surface area contributed by atoms with E-state index in [9.17, 15) is 18.0 Å². The minimum Gasteiger partial charge on any atom is -0.295 e. The Kier molecular flexibility index (Phi) is 6.35. The molecule has 2 rings (SSSR count). The zero-order valence-electron chi connectivity index (χ0n) is 13.6. The fourth-order valence-electron chi connectivity index (χ4n) is 2.47. The maximum atomic E-state index is 13.1. The van der Waals surface area contributed by atoms with Crippen molar-refractivity contribution >= 4 is 53.3 Å². The smallest absolute Gasteiger partial charge is 0.201 e. The Bertz CT molecular complexity index is 831. The van der Waals surface area contributed by atoms with Crippen molar-refractivity contribution in [3.8, 4) is 0 Å². The largest absolute Gasteiger partial charge is 0.295 e. The average Bonchev–Trinajstić information content (AvgIpc) is 2.50. The van der Waals surface area contributed by atoms with Crippen LogP contribution in [0.2, 0.25) is 0 Å². The highest BCUT2D eigenvalue weighted by molar-refractivity contribution is 9.10. The molecule has 2 aliphatic carbocycles. The molecular weight excluding hydrogens is 472 g/mol. The van der Waals surface area contributed by atoms with Crippen LogP contribution in [-0.4, -0.2) is 29.6 Å². The third-order valence-corrected chi connectivity index (χ3v) is 8.18. The van der Waals surface area contributed by atoms with Gasteiger partial charge in [0.1, 0.15) is 0 Å². The lowest BCUT2D eigenvalue weighted by atomic mass is 10.1. The normalized spacial score (nSPS) is 26.6. The maximum Gasteiger partial charge on any atom is 0.201 e. The molecule has 0 N–H and O–H groups in total. The van der Waals surface area contributed by atoms with Gasteiger partial charge in [-0.05, 0) is 49.3 Å². The van der Waals surface area contributed by atoms with E-state index in [0.29, 0.717) is 11.1 Å². The van der Waals surface area contributed by atoms with Gasteiger partial charge in [-0.2, -0.15) is 0 Å². The Hall–Kier alpha value is -1.31. The predicted octanol–water partition coefficient (Wildman–Crippen LogP) is 3.87. The molecule has 0 bridgehead atoms. The van der Waals surface area contributed by atoms with Gasteiger partial charge in [0.2, 0.25) is 9.84 Å². The number of carbonyl (C=O) groups excluding carboxylic acids is 2. The molecule has 0 aromatic heterocycles. The molecule has 0 aromatic rings. The van der Waals surface area contributed by atoms with Crippen LogP contribution in [0.3, 0.4) is 0 Å². The van der Waals surface area contributed by atoms with Gasteiger partial charge in [0.05, 0.1) is 19.5 Å². The summed E-state index contributed by atoms with van der Waals surface area (Å²) in [5.41, 5.74) is 1.15. The first-order valence-electron chi connectivity index (χ1n) is 7.38. The van der Waals surface area contributed by atoms with Crippen molar-refractivity contribution in [3.63, 3.8) is 0 Å². The van der Waals surface area contributed by atoms with E-state index in [0.717, 1.165) is 0 Å². The first kappa shape index (κ1) is 20.0. The van der Waals surface area contributed by atoms with Crippen LogP contribution in [0.25, 0.3) is 0 Å². The van der Waals surface area contributed by atoms with Gasteiger partial charge < -0.3 is 0 Å². The van der Waals surface area contributed by atoms with E-state index in [4.69, 9.17) is 0 Å². The van der Waals surface area contributed by atoms with Gasteiger partial charge in [0, 0.05) is 0 Å². The van der Waals surface area contributed by atoms with Crippen molar-refractivity contribution in [2.75, 3.05) is 0 Å². The zero-order chi connectivity index (χ0) is 18.8. The van der Waals surface area contributed by atoms with E-state index in [1.165, 1.54) is 38.2 Å². The lowest BCUT2D eigenvalue weighted by Crippen LogP contribution is -2.24. The topological polar surface area (TPSA) is 68.3 Å². The molecule has 25 heavy (non-hydrogen) atoms. The van der Waals surface area contributed by atoms with Crippen LogP contribution in [0.5, 0.6) is 0 Å². The summed E-state index contributed by atoms with van der Waals surface area (Å²) in [6, 6.07) is 0. The lowest BCUT2D eigenvalue weighted by molar-refractivity contribution is -0.113. The molecule has 0 fully saturated rings. The number of hydrogen-bond donors (Lipinski definition) is 0. The standard InChI is InChI=1S/C18H16Br2O4S/c1-11(21)9-13-5-3-7-15(17(13)19)25(23,24)16-8-4-6-14(18(16)20)10-12(2)22/h3-10,17-18H,1-2H3. The fraction of sp³-hybridized carbons (Fsp3) is 0.222. The van der Waals surface area contributed by atoms with Crippen molar-refractivity contribution in [2.45, 2.75) is 23.5 Å². The molecule has 0 aliphatic heterocycles. The van der Waals surface area contributed by atoms with Crippen LogP contribution >= 0.6 is 31.9 Å². The highest BCUT2D eigenvalue weighted by Crippen LogP contribution is 2.38. The number of alkyl halides is 2. The second-order valence-corrected chi connectivity index (χ2v) is 9.38. The van der Waals surface area contributed by atoms with Crippen molar-refractivity contribution < 1.29 is 18.0 Å². The van der Waals surface area contributed by atoms with Crippen LogP contribution in [0.1, 0.15) is 13.8 Å². The molecule has 0 radical (unpaired) electrons. The van der Waals surface area contributed by atoms with Gasteiger partial charge in [-0.3, -0.25) is 9.59 Å². The minimum atomic E-state index is -3.80. The number of sulfone groups is 1. The van der Waals surface area contributed by atoms with Crippen LogP contribution in [0.15, 0.2) is 69.6 Å². The molecule has 0 saturated heterocycles. The van der Waals surface area contributed by atoms with Gasteiger partial charge in [-0.25, -0.2) is 8.42 Å². The summed E-state index contributed by atoms with van der Waals surface area (Å²) in [7, 11) is -3.80. The molecule has 0 amide bonds. The van der Waals surface area contributed by atoms with Gasteiger partial charge >= 0.3 is 0 Å². The molecule has 2 unspecified atom stereocenters. The highest BCUT2D eigenvalue weighted by atomic mass is 79.9. The van der Waals surface area contributed by atoms with Crippen LogP contribution < -0.4 is 0 Å². The highest BCUT2D eigenvalue weighted by Gasteiger charge is 2.35. The Morgan fingerprint density at radius 1 is 0.880 bits per heavy atom. The van der Waals surface area contributed by atoms with Gasteiger partial charge in [-0.1, -0.05) is 56.2 Å². The minimum absolute atomic E-state index is 0.149. The van der Waals surface area contributed by atoms with Crippen LogP contribution in [-0.2, 0) is 19.4 Å². The lowest BCUT2D eigenvalue weighted by Gasteiger charge is -2.24. The van der Waals surface area contributed by atoms with Crippen molar-refractivity contribution in [2.24, 2.45) is 0 Å². The Morgan fingerprint density at radius 2 is 1.24 bits per heavy atom. The molecule has 0 saturated carbocycles. The molecule has 132 valence electrons. The van der Waals surface area contributed by atoms with Gasteiger partial charge in [-0.15, -0.1) is 0 Å². The molecule has 0 spiro atoms. The molecule has 0 aromatic carbocycles. The predicted molar refractivity (Wildman–Crippen MR) is 106 cm³/mol. The van der Waals surface area contributed by atoms with E-state index in [2.05, 4.69) is 31.9 Å². The Balaban J connectivity index is 2.46. The number of ketones is 2. The van der Waals surface area contributed by atoms with E-state index >= 15 is 0 Å². The van der Waals surface area contributed by atoms with E-state index in [1.54, 1.807) is 24.3 Å². The summed E-state index contributed by atoms with van der Waals surface area (Å²) in [5, 5.41) is 0. The number of hydrogen-bond acceptors (Lipinski definition) is 4. The zero-order valence-corrected chi connectivity index (χ0v) is 17.6. The molecule has 2 aliphatic rings. The summed E-state index contributed by atoms with van der Waals surface area (Å²) in [4.78, 5) is 21.8. The van der Waals surface area contributed by atoms with E-state index < -0.39 is 19.5 Å². The number of carbonyl (C=O) groups is 2. The Labute approximate surface area is 163 Å². The van der Waals surface area contributed by atoms with Crippen LogP contribution in [0, 0.1) is 0 Å². The van der Waals surface area contributed by atoms with E-state index in [-0.39, 0.29) is 21.4 Å². The number of rotatable bonds is 4. The van der Waals surface area contributed by atoms with Gasteiger partial charge in [0.25, 0.3) is 0 Å². The molecule has 0 heterocycles. The SMILES string of the molecule is CC(=O)C=C1C=CC=C(S(=O)(=O)C2=CC=CC(=CC(C)=O)C2Br)C1Br. The van der Waals surface area contributed by atoms with Gasteiger partial charge in [0.15, 0.2) is 11.6 Å². The van der Waals surface area contributed by atoms with E-state index in [1.807, 2.05) is 0 Å². The second-order valence-electron chi connectivity index (χ2n) is 5.59. The summed E-state index contributed by atoms with van der Waals surface area (Å²) in [5.74, 6) is -0.319. The number of allylic oxidation sites excluding steroid dienone is 12. The monoisotopic (exact) mass is 486 g/mol. The van der Waals surface area contributed by atoms with Crippen molar-refractivity contribution in [1.82, 2.24) is 0 Å². The van der Waals surface area contributed by atoms with Crippen molar-refractivity contribution in [1.29, 1.82) is 0 Å². The third kappa shape index (κ3) is 4.46. The maximum absolute atomic E-state index is 13.1. The fourth-order valence-corrected chi connectivity index (χ4v) is 6.43. The molecular formula is C18H16Br2O4S. The number of halogens is 2. The average molecular weight is 488 g/mol. The third-order valence-electron chi connectivity index (χ3n) is 3.54. The molecule has 4 nitrogen and oxygen atoms in total. The molecule has 7 heteroatoms. The summed E-state index contributed by atoms with van der Waals surface area (Å²) in [6.07, 6.45) is 12.4. The summed E-state index contributed by atoms with van der Waals surface area (Å²) < 4.78 is 26.3. The quantitative estimate of drug-likeness (QED) is 0.446. The summed E-state index contributed by atoms with van der Waals surface area (Å²) >= 11 is 6.76. The summed E-state index contributed by atoms with van der Waals surface area (Å²) in [6.45, 7) is 2.82.